The lowest BCUT2D eigenvalue weighted by Gasteiger charge is -2.39. The lowest BCUT2D eigenvalue weighted by molar-refractivity contribution is -0.157. The number of hydrogen-bond acceptors (Lipinski definition) is 5. The van der Waals surface area contributed by atoms with Gasteiger partial charge in [-0.1, -0.05) is 57.8 Å². The first-order chi connectivity index (χ1) is 23.9. The van der Waals surface area contributed by atoms with E-state index in [0.717, 1.165) is 34.6 Å². The smallest absolute Gasteiger partial charge is 0.433 e. The number of alkyl halides is 3. The van der Waals surface area contributed by atoms with Gasteiger partial charge in [0.25, 0.3) is 5.91 Å². The molecule has 0 spiro atoms. The maximum atomic E-state index is 15.1. The normalized spacial score (nSPS) is 26.5. The average Bonchev–Trinajstić information content (AvgIpc) is 3.48. The molecule has 0 N–H and O–H groups in total. The Morgan fingerprint density at radius 1 is 1.02 bits per heavy atom. The Morgan fingerprint density at radius 2 is 1.57 bits per heavy atom. The second-order valence-electron chi connectivity index (χ2n) is 16.0. The Morgan fingerprint density at radius 3 is 2.06 bits per heavy atom. The number of halogens is 5. The molecule has 4 atom stereocenters. The van der Waals surface area contributed by atoms with Crippen molar-refractivity contribution in [3.63, 3.8) is 0 Å². The number of aryl methyl sites for hydroxylation is 1. The molecule has 7 nitrogen and oxygen atoms in total. The van der Waals surface area contributed by atoms with Crippen LogP contribution in [0.15, 0.2) is 18.3 Å². The van der Waals surface area contributed by atoms with Gasteiger partial charge < -0.3 is 14.1 Å². The van der Waals surface area contributed by atoms with Gasteiger partial charge in [-0.15, -0.1) is 0 Å². The Balaban J connectivity index is 1.55. The molecule has 284 valence electrons. The van der Waals surface area contributed by atoms with E-state index in [-0.39, 0.29) is 30.6 Å². The Kier molecular flexibility index (Phi) is 11.8. The maximum Gasteiger partial charge on any atom is 0.433 e. The van der Waals surface area contributed by atoms with Crippen molar-refractivity contribution in [3.8, 4) is 0 Å². The van der Waals surface area contributed by atoms with Crippen molar-refractivity contribution in [1.29, 1.82) is 0 Å². The maximum absolute atomic E-state index is 15.1. The van der Waals surface area contributed by atoms with E-state index in [9.17, 15) is 9.59 Å². The van der Waals surface area contributed by atoms with Crippen LogP contribution in [0.1, 0.15) is 126 Å². The van der Waals surface area contributed by atoms with Crippen LogP contribution < -0.4 is 0 Å². The number of esters is 1. The summed E-state index contributed by atoms with van der Waals surface area (Å²) < 4.78 is 58.7. The minimum absolute atomic E-state index is 0.0183. The predicted molar refractivity (Wildman–Crippen MR) is 197 cm³/mol. The highest BCUT2D eigenvalue weighted by Gasteiger charge is 2.63. The van der Waals surface area contributed by atoms with Crippen LogP contribution in [0.25, 0.3) is 0 Å². The minimum atomic E-state index is -4.84. The van der Waals surface area contributed by atoms with E-state index in [0.29, 0.717) is 66.0 Å². The van der Waals surface area contributed by atoms with Crippen molar-refractivity contribution in [2.75, 3.05) is 13.2 Å². The van der Waals surface area contributed by atoms with E-state index in [1.807, 2.05) is 19.1 Å². The summed E-state index contributed by atoms with van der Waals surface area (Å²) in [5.74, 6) is -0.273. The largest absolute Gasteiger partial charge is 0.466 e. The van der Waals surface area contributed by atoms with Crippen molar-refractivity contribution in [1.82, 2.24) is 14.7 Å². The molecule has 0 bridgehead atoms. The fourth-order valence-electron chi connectivity index (χ4n) is 9.04. The molecule has 3 aliphatic carbocycles. The Hall–Kier alpha value is -2.08. The molecule has 3 saturated carbocycles. The van der Waals surface area contributed by atoms with E-state index in [2.05, 4.69) is 39.7 Å². The zero-order valence-electron chi connectivity index (χ0n) is 31.3. The monoisotopic (exact) mass is 771 g/mol. The number of carbonyl (C=O) groups is 2. The molecular formula is C38H54Cl2F3N3O4Si. The number of hydrogen-bond donors (Lipinski definition) is 0. The third kappa shape index (κ3) is 7.78. The first-order valence-electron chi connectivity index (χ1n) is 18.6. The third-order valence-corrected chi connectivity index (χ3v) is 18.0. The molecule has 0 aliphatic heterocycles. The summed E-state index contributed by atoms with van der Waals surface area (Å²) in [5, 5.41) is 5.08. The average molecular weight is 773 g/mol. The molecule has 51 heavy (non-hydrogen) atoms. The number of aromatic nitrogens is 2. The number of amides is 1. The van der Waals surface area contributed by atoms with Crippen LogP contribution in [-0.4, -0.2) is 54.1 Å². The summed E-state index contributed by atoms with van der Waals surface area (Å²) in [4.78, 5) is 29.1. The highest BCUT2D eigenvalue weighted by atomic mass is 35.5. The fourth-order valence-corrected chi connectivity index (χ4v) is 12.7. The molecule has 1 amide bonds. The van der Waals surface area contributed by atoms with Gasteiger partial charge in [0.15, 0.2) is 14.0 Å². The molecule has 0 radical (unpaired) electrons. The first kappa shape index (κ1) is 40.1. The number of carbonyl (C=O) groups excluding carboxylic acids is 2. The molecule has 1 aromatic carbocycles. The van der Waals surface area contributed by atoms with E-state index in [1.54, 1.807) is 18.7 Å². The standard InChI is InChI=1S/C38H54Cl2F3N3O4Si/c1-9-49-35(48)37(8)15-13-24(14-16-37)46-33(38(41,42)43)26(21-44-46)34(47)45(25-19-27-28(20-25)36(27,6)7)22-31(50-51(10-2,11-3)12-4)32-29(39)17-23(5)18-30(32)40/h17-18,21,24-25,27-28,31H,9-16,19-20,22H2,1-8H3/t24-,25-,27+,28-,31?,37-. The SMILES string of the molecule is CCOC(=O)[C@]1(C)CC[C@@H](n2ncc(C(=O)N(CC(O[Si](CC)(CC)CC)c3c(Cl)cc(C)cc3Cl)[C@H]3C[C@@H]4[C@H](C3)C4(C)C)c2C(F)(F)F)CC1. The molecule has 2 aromatic rings. The van der Waals surface area contributed by atoms with E-state index in [4.69, 9.17) is 32.4 Å². The summed E-state index contributed by atoms with van der Waals surface area (Å²) in [6.45, 7) is 16.4. The second-order valence-corrected chi connectivity index (χ2v) is 21.5. The lowest BCUT2D eigenvalue weighted by atomic mass is 9.74. The number of ether oxygens (including phenoxy) is 1. The molecule has 3 fully saturated rings. The molecule has 3 aliphatic rings. The van der Waals surface area contributed by atoms with Crippen LogP contribution in [-0.2, 0) is 20.1 Å². The zero-order valence-corrected chi connectivity index (χ0v) is 33.8. The van der Waals surface area contributed by atoms with Crippen molar-refractivity contribution in [2.45, 2.75) is 136 Å². The van der Waals surface area contributed by atoms with Gasteiger partial charge in [0, 0.05) is 21.7 Å². The van der Waals surface area contributed by atoms with Gasteiger partial charge in [0.2, 0.25) is 0 Å². The van der Waals surface area contributed by atoms with Gasteiger partial charge in [0.05, 0.1) is 42.5 Å². The lowest BCUT2D eigenvalue weighted by Crippen LogP contribution is -2.46. The molecule has 1 heterocycles. The van der Waals surface area contributed by atoms with Crippen molar-refractivity contribution in [2.24, 2.45) is 22.7 Å². The van der Waals surface area contributed by atoms with Gasteiger partial charge >= 0.3 is 12.1 Å². The van der Waals surface area contributed by atoms with Crippen LogP contribution in [0, 0.1) is 29.6 Å². The summed E-state index contributed by atoms with van der Waals surface area (Å²) in [6.07, 6.45) is -1.76. The molecule has 5 rings (SSSR count). The van der Waals surface area contributed by atoms with E-state index >= 15 is 13.2 Å². The summed E-state index contributed by atoms with van der Waals surface area (Å²) in [5.41, 5.74) is -0.709. The number of nitrogens with zero attached hydrogens (tertiary/aromatic N) is 3. The van der Waals surface area contributed by atoms with Crippen LogP contribution in [0.4, 0.5) is 13.2 Å². The summed E-state index contributed by atoms with van der Waals surface area (Å²) >= 11 is 13.8. The van der Waals surface area contributed by atoms with Gasteiger partial charge in [-0.05, 0) is 112 Å². The number of rotatable bonds is 13. The molecule has 1 aromatic heterocycles. The highest BCUT2D eigenvalue weighted by molar-refractivity contribution is 6.73. The molecule has 0 saturated heterocycles. The Bertz CT molecular complexity index is 1560. The summed E-state index contributed by atoms with van der Waals surface area (Å²) in [6, 6.07) is 5.22. The van der Waals surface area contributed by atoms with Crippen LogP contribution in [0.2, 0.25) is 28.2 Å². The Labute approximate surface area is 312 Å². The van der Waals surface area contributed by atoms with Crippen molar-refractivity contribution in [3.05, 3.63) is 50.8 Å². The minimum Gasteiger partial charge on any atom is -0.466 e. The molecule has 1 unspecified atom stereocenters. The highest BCUT2D eigenvalue weighted by Crippen LogP contribution is 2.67. The van der Waals surface area contributed by atoms with E-state index in [1.165, 1.54) is 0 Å². The predicted octanol–water partition coefficient (Wildman–Crippen LogP) is 10.8. The van der Waals surface area contributed by atoms with Crippen LogP contribution >= 0.6 is 23.2 Å². The van der Waals surface area contributed by atoms with Gasteiger partial charge in [-0.25, -0.2) is 0 Å². The third-order valence-electron chi connectivity index (χ3n) is 12.7. The van der Waals surface area contributed by atoms with Gasteiger partial charge in [0.1, 0.15) is 0 Å². The van der Waals surface area contributed by atoms with Gasteiger partial charge in [-0.3, -0.25) is 14.3 Å². The quantitative estimate of drug-likeness (QED) is 0.150. The van der Waals surface area contributed by atoms with E-state index < -0.39 is 49.2 Å². The van der Waals surface area contributed by atoms with Crippen LogP contribution in [0.5, 0.6) is 0 Å². The van der Waals surface area contributed by atoms with Crippen molar-refractivity contribution >= 4 is 43.4 Å². The van der Waals surface area contributed by atoms with Crippen molar-refractivity contribution < 1.29 is 31.9 Å². The molecular weight excluding hydrogens is 718 g/mol. The summed E-state index contributed by atoms with van der Waals surface area (Å²) in [7, 11) is -2.34. The van der Waals surface area contributed by atoms with Crippen LogP contribution in [0.3, 0.4) is 0 Å². The second kappa shape index (κ2) is 15.0. The molecule has 13 heteroatoms. The fraction of sp³-hybridized carbons (Fsp3) is 0.711. The van der Waals surface area contributed by atoms with Gasteiger partial charge in [-0.2, -0.15) is 18.3 Å². The number of fused-ring (bicyclic) bond motifs is 1. The topological polar surface area (TPSA) is 73.7 Å². The first-order valence-corrected chi connectivity index (χ1v) is 21.9. The zero-order chi connectivity index (χ0) is 37.7. The number of benzene rings is 1.